The normalized spacial score (nSPS) is 22.4. The molecular formula is C58H72Cl2SiZr. The Bertz CT molecular complexity index is 2170. The summed E-state index contributed by atoms with van der Waals surface area (Å²) in [5.74, 6) is 2.07. The molecule has 6 aromatic rings. The summed E-state index contributed by atoms with van der Waals surface area (Å²) in [6.45, 7) is 18.1. The van der Waals surface area contributed by atoms with E-state index in [-0.39, 0.29) is 10.8 Å². The molecule has 4 bridgehead atoms. The van der Waals surface area contributed by atoms with Crippen LogP contribution in [-0.2, 0) is 44.5 Å². The molecule has 0 heterocycles. The van der Waals surface area contributed by atoms with E-state index in [9.17, 15) is 0 Å². The number of halogens is 2. The molecule has 4 aliphatic rings. The van der Waals surface area contributed by atoms with E-state index < -0.39 is 20.8 Å². The van der Waals surface area contributed by atoms with Gasteiger partial charge in [0.05, 0.1) is 0 Å². The van der Waals surface area contributed by atoms with Gasteiger partial charge in [0.2, 0.25) is 0 Å². The Balaban J connectivity index is 0.000000159. The summed E-state index contributed by atoms with van der Waals surface area (Å²) in [6, 6.07) is 43.3. The quantitative estimate of drug-likeness (QED) is 0.105. The van der Waals surface area contributed by atoms with Gasteiger partial charge in [-0.15, -0.1) is 69.1 Å². The molecule has 62 heavy (non-hydrogen) atoms. The van der Waals surface area contributed by atoms with Crippen LogP contribution in [0.15, 0.2) is 109 Å². The topological polar surface area (TPSA) is 0 Å². The fourth-order valence-corrected chi connectivity index (χ4v) is 12.3. The summed E-state index contributed by atoms with van der Waals surface area (Å²) in [5.41, 5.74) is 13.0. The summed E-state index contributed by atoms with van der Waals surface area (Å²) >= 11 is -0.826. The van der Waals surface area contributed by atoms with Gasteiger partial charge in [-0.25, -0.2) is 0 Å². The van der Waals surface area contributed by atoms with Crippen LogP contribution in [0, 0.1) is 22.7 Å². The van der Waals surface area contributed by atoms with Crippen LogP contribution in [0.1, 0.15) is 141 Å². The molecule has 0 spiro atoms. The number of benzene rings is 4. The Morgan fingerprint density at radius 3 is 1.24 bits per heavy atom. The molecule has 4 fully saturated rings. The zero-order valence-electron chi connectivity index (χ0n) is 39.2. The van der Waals surface area contributed by atoms with Crippen molar-refractivity contribution in [2.45, 2.75) is 155 Å². The molecule has 10 rings (SSSR count). The van der Waals surface area contributed by atoms with Gasteiger partial charge >= 0.3 is 37.9 Å². The maximum absolute atomic E-state index is 4.93. The molecule has 0 aromatic heterocycles. The van der Waals surface area contributed by atoms with Gasteiger partial charge in [0.15, 0.2) is 0 Å². The van der Waals surface area contributed by atoms with Crippen LogP contribution >= 0.6 is 17.0 Å². The van der Waals surface area contributed by atoms with Crippen LogP contribution < -0.4 is 0 Å². The van der Waals surface area contributed by atoms with Gasteiger partial charge in [-0.2, -0.15) is 12.1 Å². The zero-order chi connectivity index (χ0) is 44.1. The van der Waals surface area contributed by atoms with Gasteiger partial charge in [0, 0.05) is 9.52 Å². The van der Waals surface area contributed by atoms with Gasteiger partial charge in [0.25, 0.3) is 0 Å². The molecular weight excluding hydrogens is 887 g/mol. The number of rotatable bonds is 8. The predicted molar refractivity (Wildman–Crippen MR) is 271 cm³/mol. The van der Waals surface area contributed by atoms with Crippen molar-refractivity contribution in [2.24, 2.45) is 22.7 Å². The Hall–Kier alpha value is -2.22. The van der Waals surface area contributed by atoms with E-state index in [0.717, 1.165) is 21.4 Å². The molecule has 6 aromatic carbocycles. The molecule has 0 saturated heterocycles. The number of hydrogen-bond donors (Lipinski definition) is 0. The van der Waals surface area contributed by atoms with E-state index >= 15 is 0 Å². The van der Waals surface area contributed by atoms with Gasteiger partial charge < -0.3 is 0 Å². The Morgan fingerprint density at radius 2 is 0.968 bits per heavy atom. The standard InChI is InChI=1S/2C27H31.C4H10Si.2ClH.Zr/c2*1-26(2,3)23-9-7-21(8-10-23)24-6-4-5-22-15-20(16-25(22)24)18-27-13-11-19(17-27)12-14-27;1-3-4-5-2;;;/h2*4-10,15-16,19H,11-14,17-18H2,1-3H3;3-4H2,1-2H3;2*1H;/q2*-1;;;;+4/p-2. The van der Waals surface area contributed by atoms with Crippen LogP contribution in [0.2, 0.25) is 12.6 Å². The van der Waals surface area contributed by atoms with E-state index in [1.807, 2.05) is 0 Å². The van der Waals surface area contributed by atoms with Crippen LogP contribution in [0.5, 0.6) is 0 Å². The van der Waals surface area contributed by atoms with E-state index in [0.29, 0.717) is 10.8 Å². The second kappa shape index (κ2) is 20.5. The summed E-state index contributed by atoms with van der Waals surface area (Å²) < 4.78 is 0. The van der Waals surface area contributed by atoms with Gasteiger partial charge in [-0.05, 0) is 133 Å². The number of fused-ring (bicyclic) bond motifs is 6. The second-order valence-electron chi connectivity index (χ2n) is 21.8. The van der Waals surface area contributed by atoms with Crippen LogP contribution in [0.25, 0.3) is 43.8 Å². The van der Waals surface area contributed by atoms with E-state index in [2.05, 4.69) is 164 Å². The predicted octanol–water partition coefficient (Wildman–Crippen LogP) is 18.2. The van der Waals surface area contributed by atoms with E-state index in [1.54, 1.807) is 11.1 Å². The van der Waals surface area contributed by atoms with Crippen LogP contribution in [-0.4, -0.2) is 9.52 Å². The van der Waals surface area contributed by atoms with Crippen molar-refractivity contribution < 1.29 is 20.8 Å². The Labute approximate surface area is 397 Å². The maximum atomic E-state index is 4.93. The van der Waals surface area contributed by atoms with E-state index in [4.69, 9.17) is 17.0 Å². The summed E-state index contributed by atoms with van der Waals surface area (Å²) in [4.78, 5) is 0. The second-order valence-corrected chi connectivity index (χ2v) is 26.8. The van der Waals surface area contributed by atoms with Crippen molar-refractivity contribution in [3.05, 3.63) is 131 Å². The summed E-state index contributed by atoms with van der Waals surface area (Å²) in [5, 5.41) is 5.68. The molecule has 0 unspecified atom stereocenters. The third kappa shape index (κ3) is 11.4. The molecule has 4 saturated carbocycles. The van der Waals surface area contributed by atoms with Crippen molar-refractivity contribution in [1.82, 2.24) is 0 Å². The van der Waals surface area contributed by atoms with Crippen molar-refractivity contribution in [1.29, 1.82) is 0 Å². The van der Waals surface area contributed by atoms with E-state index in [1.165, 1.54) is 144 Å². The Morgan fingerprint density at radius 1 is 0.597 bits per heavy atom. The minimum absolute atomic E-state index is 0.206. The summed E-state index contributed by atoms with van der Waals surface area (Å²) in [7, 11) is 11.0. The van der Waals surface area contributed by atoms with Crippen LogP contribution in [0.4, 0.5) is 0 Å². The van der Waals surface area contributed by atoms with Crippen molar-refractivity contribution >= 4 is 48.1 Å². The zero-order valence-corrected chi connectivity index (χ0v) is 44.2. The van der Waals surface area contributed by atoms with Crippen LogP contribution in [0.3, 0.4) is 0 Å². The first kappa shape index (κ1) is 47.7. The average molecular weight is 959 g/mol. The molecule has 0 aliphatic heterocycles. The monoisotopic (exact) mass is 956 g/mol. The summed E-state index contributed by atoms with van der Waals surface area (Å²) in [6.07, 6.45) is 18.6. The molecule has 0 nitrogen and oxygen atoms in total. The fraction of sp³-hybridized carbons (Fsp3) is 0.483. The number of hydrogen-bond acceptors (Lipinski definition) is 0. The third-order valence-electron chi connectivity index (χ3n) is 15.2. The molecule has 0 atom stereocenters. The van der Waals surface area contributed by atoms with Crippen molar-refractivity contribution in [2.75, 3.05) is 0 Å². The molecule has 326 valence electrons. The molecule has 4 heteroatoms. The molecule has 0 amide bonds. The first-order chi connectivity index (χ1) is 29.7. The third-order valence-corrected chi connectivity index (χ3v) is 16.2. The average Bonchev–Trinajstić information content (AvgIpc) is 4.12. The molecule has 4 aliphatic carbocycles. The van der Waals surface area contributed by atoms with Gasteiger partial charge in [-0.1, -0.05) is 139 Å². The van der Waals surface area contributed by atoms with Crippen molar-refractivity contribution in [3.63, 3.8) is 0 Å². The minimum atomic E-state index is -0.826. The first-order valence-corrected chi connectivity index (χ1v) is 31.9. The molecule has 0 N–H and O–H groups in total. The Kier molecular flexibility index (Phi) is 15.8. The van der Waals surface area contributed by atoms with Crippen molar-refractivity contribution in [3.8, 4) is 22.3 Å². The van der Waals surface area contributed by atoms with Gasteiger partial charge in [-0.3, -0.25) is 0 Å². The first-order valence-electron chi connectivity index (χ1n) is 23.9. The van der Waals surface area contributed by atoms with Gasteiger partial charge in [0.1, 0.15) is 0 Å². The fourth-order valence-electron chi connectivity index (χ4n) is 11.8. The molecule has 2 radical (unpaired) electrons. The SMILES string of the molecule is CC(C)(C)c1ccc(-c2cccc3[cH-]c(CC45CCC(CC4)C5)cc23)cc1.CC(C)(C)c1ccc(-c2cccc3[cH-]c(CC45CCC(CC4)C5)cc23)cc1.CCC[Si]C.[Cl][Zr+2][Cl].